The van der Waals surface area contributed by atoms with Crippen molar-refractivity contribution in [2.24, 2.45) is 5.92 Å². The zero-order chi connectivity index (χ0) is 13.4. The molecule has 1 fully saturated rings. The lowest BCUT2D eigenvalue weighted by molar-refractivity contribution is 0.148. The van der Waals surface area contributed by atoms with Gasteiger partial charge in [-0.3, -0.25) is 4.90 Å². The highest BCUT2D eigenvalue weighted by Gasteiger charge is 2.21. The second kappa shape index (κ2) is 8.92. The topological polar surface area (TPSA) is 15.3 Å². The second-order valence-electron chi connectivity index (χ2n) is 6.53. The van der Waals surface area contributed by atoms with Crippen molar-refractivity contribution in [3.05, 3.63) is 0 Å². The Hall–Kier alpha value is -0.0800. The summed E-state index contributed by atoms with van der Waals surface area (Å²) in [4.78, 5) is 2.75. The van der Waals surface area contributed by atoms with E-state index in [9.17, 15) is 0 Å². The smallest absolute Gasteiger partial charge is 0.00702 e. The van der Waals surface area contributed by atoms with Crippen LogP contribution in [0, 0.1) is 5.92 Å². The van der Waals surface area contributed by atoms with Gasteiger partial charge in [0.25, 0.3) is 0 Å². The van der Waals surface area contributed by atoms with Gasteiger partial charge in [-0.25, -0.2) is 0 Å². The van der Waals surface area contributed by atoms with Crippen LogP contribution in [0.3, 0.4) is 0 Å². The van der Waals surface area contributed by atoms with Gasteiger partial charge in [0.05, 0.1) is 0 Å². The molecule has 1 aliphatic rings. The van der Waals surface area contributed by atoms with Crippen LogP contribution in [0.15, 0.2) is 0 Å². The molecule has 0 saturated carbocycles. The SMILES string of the molecule is CC(C)CNCCCC(C)N1CCCCCC1C. The first kappa shape index (κ1) is 16.0. The summed E-state index contributed by atoms with van der Waals surface area (Å²) < 4.78 is 0. The summed E-state index contributed by atoms with van der Waals surface area (Å²) in [6, 6.07) is 1.56. The second-order valence-corrected chi connectivity index (χ2v) is 6.53. The fourth-order valence-corrected chi connectivity index (χ4v) is 3.03. The van der Waals surface area contributed by atoms with Gasteiger partial charge in [0.1, 0.15) is 0 Å². The van der Waals surface area contributed by atoms with E-state index in [0.717, 1.165) is 24.5 Å². The maximum absolute atomic E-state index is 3.55. The van der Waals surface area contributed by atoms with E-state index in [1.165, 1.54) is 51.6 Å². The molecule has 0 aliphatic carbocycles. The Kier molecular flexibility index (Phi) is 7.92. The number of hydrogen-bond acceptors (Lipinski definition) is 2. The maximum atomic E-state index is 3.55. The minimum atomic E-state index is 0.763. The van der Waals surface area contributed by atoms with Gasteiger partial charge >= 0.3 is 0 Å². The fraction of sp³-hybridized carbons (Fsp3) is 1.00. The summed E-state index contributed by atoms with van der Waals surface area (Å²) in [5, 5.41) is 3.55. The normalized spacial score (nSPS) is 24.2. The molecule has 0 bridgehead atoms. The molecule has 18 heavy (non-hydrogen) atoms. The Morgan fingerprint density at radius 1 is 1.17 bits per heavy atom. The lowest BCUT2D eigenvalue weighted by atomic mass is 10.1. The minimum Gasteiger partial charge on any atom is -0.316 e. The molecule has 2 atom stereocenters. The average molecular weight is 254 g/mol. The lowest BCUT2D eigenvalue weighted by Crippen LogP contribution is -2.40. The summed E-state index contributed by atoms with van der Waals surface area (Å²) in [6.07, 6.45) is 8.33. The molecule has 108 valence electrons. The van der Waals surface area contributed by atoms with Crippen LogP contribution in [0.5, 0.6) is 0 Å². The molecule has 2 nitrogen and oxygen atoms in total. The largest absolute Gasteiger partial charge is 0.316 e. The molecule has 0 aromatic rings. The molecule has 0 aromatic heterocycles. The zero-order valence-corrected chi connectivity index (χ0v) is 13.0. The third-order valence-corrected chi connectivity index (χ3v) is 4.20. The summed E-state index contributed by atoms with van der Waals surface area (Å²) in [6.45, 7) is 13.0. The summed E-state index contributed by atoms with van der Waals surface area (Å²) in [5.74, 6) is 0.771. The Morgan fingerprint density at radius 3 is 2.67 bits per heavy atom. The predicted molar refractivity (Wildman–Crippen MR) is 81.0 cm³/mol. The van der Waals surface area contributed by atoms with Crippen molar-refractivity contribution in [2.45, 2.75) is 78.3 Å². The first-order chi connectivity index (χ1) is 8.61. The molecule has 0 radical (unpaired) electrons. The quantitative estimate of drug-likeness (QED) is 0.697. The summed E-state index contributed by atoms with van der Waals surface area (Å²) in [7, 11) is 0. The molecule has 0 amide bonds. The minimum absolute atomic E-state index is 0.763. The highest BCUT2D eigenvalue weighted by atomic mass is 15.2. The molecule has 1 saturated heterocycles. The van der Waals surface area contributed by atoms with Crippen molar-refractivity contribution < 1.29 is 0 Å². The predicted octanol–water partition coefficient (Wildman–Crippen LogP) is 3.67. The van der Waals surface area contributed by atoms with Crippen LogP contribution in [0.4, 0.5) is 0 Å². The lowest BCUT2D eigenvalue weighted by Gasteiger charge is -2.33. The molecule has 1 aliphatic heterocycles. The van der Waals surface area contributed by atoms with Gasteiger partial charge in [0, 0.05) is 12.1 Å². The van der Waals surface area contributed by atoms with E-state index in [0.29, 0.717) is 0 Å². The number of hydrogen-bond donors (Lipinski definition) is 1. The molecule has 1 heterocycles. The van der Waals surface area contributed by atoms with Gasteiger partial charge in [0.2, 0.25) is 0 Å². The van der Waals surface area contributed by atoms with Crippen molar-refractivity contribution >= 4 is 0 Å². The van der Waals surface area contributed by atoms with Crippen LogP contribution in [0.25, 0.3) is 0 Å². The van der Waals surface area contributed by atoms with Gasteiger partial charge in [-0.1, -0.05) is 26.7 Å². The summed E-state index contributed by atoms with van der Waals surface area (Å²) >= 11 is 0. The van der Waals surface area contributed by atoms with Gasteiger partial charge in [-0.15, -0.1) is 0 Å². The molecule has 2 unspecified atom stereocenters. The highest BCUT2D eigenvalue weighted by Crippen LogP contribution is 2.20. The Morgan fingerprint density at radius 2 is 1.94 bits per heavy atom. The van der Waals surface area contributed by atoms with Gasteiger partial charge < -0.3 is 5.32 Å². The maximum Gasteiger partial charge on any atom is 0.00702 e. The monoisotopic (exact) mass is 254 g/mol. The third-order valence-electron chi connectivity index (χ3n) is 4.20. The first-order valence-electron chi connectivity index (χ1n) is 8.07. The van der Waals surface area contributed by atoms with Crippen LogP contribution in [-0.4, -0.2) is 36.6 Å². The van der Waals surface area contributed by atoms with Gasteiger partial charge in [-0.2, -0.15) is 0 Å². The Bertz CT molecular complexity index is 203. The standard InChI is InChI=1S/C16H34N2/c1-14(2)13-17-11-8-10-16(4)18-12-7-5-6-9-15(18)3/h14-17H,5-13H2,1-4H3. The van der Waals surface area contributed by atoms with Crippen LogP contribution < -0.4 is 5.32 Å². The van der Waals surface area contributed by atoms with Crippen molar-refractivity contribution in [1.82, 2.24) is 10.2 Å². The number of rotatable bonds is 7. The van der Waals surface area contributed by atoms with Gasteiger partial charge in [0.15, 0.2) is 0 Å². The number of nitrogens with zero attached hydrogens (tertiary/aromatic N) is 1. The fourth-order valence-electron chi connectivity index (χ4n) is 3.03. The molecule has 0 spiro atoms. The van der Waals surface area contributed by atoms with E-state index in [4.69, 9.17) is 0 Å². The Balaban J connectivity index is 2.16. The Labute approximate surface area is 115 Å². The molecular formula is C16H34N2. The van der Waals surface area contributed by atoms with E-state index in [1.54, 1.807) is 0 Å². The average Bonchev–Trinajstić information content (AvgIpc) is 2.53. The number of likely N-dealkylation sites (tertiary alicyclic amines) is 1. The van der Waals surface area contributed by atoms with Crippen molar-refractivity contribution in [3.63, 3.8) is 0 Å². The van der Waals surface area contributed by atoms with Crippen LogP contribution >= 0.6 is 0 Å². The van der Waals surface area contributed by atoms with E-state index >= 15 is 0 Å². The van der Waals surface area contributed by atoms with Gasteiger partial charge in [-0.05, 0) is 65.1 Å². The van der Waals surface area contributed by atoms with E-state index < -0.39 is 0 Å². The summed E-state index contributed by atoms with van der Waals surface area (Å²) in [5.41, 5.74) is 0. The van der Waals surface area contributed by atoms with E-state index in [2.05, 4.69) is 37.9 Å². The van der Waals surface area contributed by atoms with Crippen molar-refractivity contribution in [1.29, 1.82) is 0 Å². The molecule has 0 aromatic carbocycles. The van der Waals surface area contributed by atoms with Crippen molar-refractivity contribution in [3.8, 4) is 0 Å². The molecule has 1 N–H and O–H groups in total. The van der Waals surface area contributed by atoms with Crippen LogP contribution in [-0.2, 0) is 0 Å². The van der Waals surface area contributed by atoms with E-state index in [1.807, 2.05) is 0 Å². The highest BCUT2D eigenvalue weighted by molar-refractivity contribution is 4.76. The molecular weight excluding hydrogens is 220 g/mol. The third kappa shape index (κ3) is 6.19. The first-order valence-corrected chi connectivity index (χ1v) is 8.07. The molecule has 2 heteroatoms. The number of nitrogens with one attached hydrogen (secondary N) is 1. The van der Waals surface area contributed by atoms with Crippen LogP contribution in [0.1, 0.15) is 66.2 Å². The van der Waals surface area contributed by atoms with Crippen LogP contribution in [0.2, 0.25) is 0 Å². The van der Waals surface area contributed by atoms with E-state index in [-0.39, 0.29) is 0 Å². The van der Waals surface area contributed by atoms with Crippen molar-refractivity contribution in [2.75, 3.05) is 19.6 Å². The zero-order valence-electron chi connectivity index (χ0n) is 13.0. The molecule has 1 rings (SSSR count).